The number of hydrogen-bond donors (Lipinski definition) is 3. The third kappa shape index (κ3) is 3.80. The zero-order chi connectivity index (χ0) is 10.6. The van der Waals surface area contributed by atoms with E-state index in [0.29, 0.717) is 5.57 Å². The summed E-state index contributed by atoms with van der Waals surface area (Å²) < 4.78 is 0. The third-order valence-electron chi connectivity index (χ3n) is 1.89. The van der Waals surface area contributed by atoms with Crippen LogP contribution in [0.25, 0.3) is 0 Å². The maximum atomic E-state index is 9.02. The summed E-state index contributed by atoms with van der Waals surface area (Å²) in [6, 6.07) is 0. The van der Waals surface area contributed by atoms with E-state index in [1.807, 2.05) is 0 Å². The second-order valence-corrected chi connectivity index (χ2v) is 3.42. The van der Waals surface area contributed by atoms with E-state index in [0.717, 1.165) is 0 Å². The van der Waals surface area contributed by atoms with Crippen LogP contribution in [0.1, 0.15) is 19.8 Å². The van der Waals surface area contributed by atoms with Crippen LogP contribution in [0.15, 0.2) is 36.8 Å². The van der Waals surface area contributed by atoms with E-state index in [1.54, 1.807) is 6.92 Å². The Morgan fingerprint density at radius 2 is 1.46 bits per heavy atom. The first-order valence-electron chi connectivity index (χ1n) is 3.96. The highest BCUT2D eigenvalue weighted by Gasteiger charge is 2.27. The van der Waals surface area contributed by atoms with Crippen LogP contribution in [0.2, 0.25) is 0 Å². The minimum Gasteiger partial charge on any atom is -0.513 e. The lowest BCUT2D eigenvalue weighted by atomic mass is 9.85. The summed E-state index contributed by atoms with van der Waals surface area (Å²) in [5.74, 6) is -0.0431. The maximum absolute atomic E-state index is 9.02. The van der Waals surface area contributed by atoms with Crippen molar-refractivity contribution in [3.05, 3.63) is 36.8 Å². The molecule has 0 radical (unpaired) electrons. The Morgan fingerprint density at radius 3 is 1.62 bits per heavy atom. The highest BCUT2D eigenvalue weighted by molar-refractivity contribution is 5.19. The molecule has 3 nitrogen and oxygen atoms in total. The first-order valence-corrected chi connectivity index (χ1v) is 3.96. The molecule has 0 aliphatic rings. The summed E-state index contributed by atoms with van der Waals surface area (Å²) in [4.78, 5) is 0. The molecule has 3 heteroatoms. The molecule has 74 valence electrons. The van der Waals surface area contributed by atoms with Crippen LogP contribution in [0.5, 0.6) is 0 Å². The van der Waals surface area contributed by atoms with Gasteiger partial charge in [0.15, 0.2) is 0 Å². The van der Waals surface area contributed by atoms with E-state index in [-0.39, 0.29) is 24.4 Å². The zero-order valence-electron chi connectivity index (χ0n) is 8.01. The van der Waals surface area contributed by atoms with Gasteiger partial charge in [-0.15, -0.1) is 0 Å². The quantitative estimate of drug-likeness (QED) is 0.452. The Bertz CT molecular complexity index is 227. The van der Waals surface area contributed by atoms with Crippen LogP contribution in [-0.4, -0.2) is 15.8 Å². The minimum atomic E-state index is -0.850. The molecule has 0 unspecified atom stereocenters. The van der Waals surface area contributed by atoms with Crippen molar-refractivity contribution in [2.24, 2.45) is 5.73 Å². The molecule has 0 aliphatic carbocycles. The van der Waals surface area contributed by atoms with E-state index in [4.69, 9.17) is 15.9 Å². The SMILES string of the molecule is C=C(O)CC(N)(CC(=C)O)C(=C)C. The van der Waals surface area contributed by atoms with E-state index >= 15 is 0 Å². The van der Waals surface area contributed by atoms with Gasteiger partial charge in [-0.3, -0.25) is 0 Å². The predicted octanol–water partition coefficient (Wildman–Crippen LogP) is 2.18. The lowest BCUT2D eigenvalue weighted by Crippen LogP contribution is -2.41. The molecular formula is C10H17NO2. The summed E-state index contributed by atoms with van der Waals surface area (Å²) in [6.07, 6.45) is 0.365. The number of rotatable bonds is 5. The first kappa shape index (κ1) is 11.8. The molecule has 0 saturated carbocycles. The lowest BCUT2D eigenvalue weighted by Gasteiger charge is -2.29. The van der Waals surface area contributed by atoms with Crippen molar-refractivity contribution < 1.29 is 10.2 Å². The fourth-order valence-electron chi connectivity index (χ4n) is 1.09. The van der Waals surface area contributed by atoms with E-state index in [9.17, 15) is 0 Å². The molecular weight excluding hydrogens is 166 g/mol. The Kier molecular flexibility index (Phi) is 3.75. The highest BCUT2D eigenvalue weighted by Crippen LogP contribution is 2.25. The monoisotopic (exact) mass is 183 g/mol. The van der Waals surface area contributed by atoms with Crippen LogP contribution in [0.4, 0.5) is 0 Å². The zero-order valence-corrected chi connectivity index (χ0v) is 8.01. The van der Waals surface area contributed by atoms with Crippen molar-refractivity contribution in [1.29, 1.82) is 0 Å². The molecule has 0 atom stereocenters. The molecule has 0 amide bonds. The number of aliphatic hydroxyl groups is 2. The summed E-state index contributed by atoms with van der Waals surface area (Å²) in [6.45, 7) is 12.2. The predicted molar refractivity (Wildman–Crippen MR) is 54.5 cm³/mol. The van der Waals surface area contributed by atoms with Crippen molar-refractivity contribution in [3.63, 3.8) is 0 Å². The Labute approximate surface area is 78.9 Å². The summed E-state index contributed by atoms with van der Waals surface area (Å²) in [5.41, 5.74) is 5.73. The molecule has 0 aliphatic heterocycles. The van der Waals surface area contributed by atoms with Gasteiger partial charge in [0.05, 0.1) is 17.1 Å². The molecule has 0 bridgehead atoms. The number of nitrogens with two attached hydrogens (primary N) is 1. The normalized spacial score (nSPS) is 10.9. The topological polar surface area (TPSA) is 66.5 Å². The largest absolute Gasteiger partial charge is 0.513 e. The van der Waals surface area contributed by atoms with Gasteiger partial charge >= 0.3 is 0 Å². The van der Waals surface area contributed by atoms with Crippen molar-refractivity contribution in [2.75, 3.05) is 0 Å². The van der Waals surface area contributed by atoms with Crippen molar-refractivity contribution in [2.45, 2.75) is 25.3 Å². The van der Waals surface area contributed by atoms with Gasteiger partial charge in [0.2, 0.25) is 0 Å². The molecule has 0 aromatic carbocycles. The van der Waals surface area contributed by atoms with E-state index < -0.39 is 5.54 Å². The summed E-state index contributed by atoms with van der Waals surface area (Å²) >= 11 is 0. The van der Waals surface area contributed by atoms with Crippen LogP contribution in [0, 0.1) is 0 Å². The Morgan fingerprint density at radius 1 is 1.15 bits per heavy atom. The van der Waals surface area contributed by atoms with Gasteiger partial charge in [0.25, 0.3) is 0 Å². The fourth-order valence-corrected chi connectivity index (χ4v) is 1.09. The first-order chi connectivity index (χ1) is 5.78. The Balaban J connectivity index is 4.62. The van der Waals surface area contributed by atoms with Gasteiger partial charge in [0, 0.05) is 12.8 Å². The Hall–Kier alpha value is -1.22. The smallest absolute Gasteiger partial charge is 0.0872 e. The van der Waals surface area contributed by atoms with Gasteiger partial charge in [0.1, 0.15) is 0 Å². The highest BCUT2D eigenvalue weighted by atomic mass is 16.3. The molecule has 4 N–H and O–H groups in total. The van der Waals surface area contributed by atoms with Crippen LogP contribution < -0.4 is 5.73 Å². The molecule has 0 spiro atoms. The molecule has 0 rings (SSSR count). The maximum Gasteiger partial charge on any atom is 0.0872 e. The molecule has 0 saturated heterocycles. The molecule has 0 aromatic rings. The second kappa shape index (κ2) is 4.14. The number of hydrogen-bond acceptors (Lipinski definition) is 3. The molecule has 0 aromatic heterocycles. The van der Waals surface area contributed by atoms with Crippen LogP contribution in [0.3, 0.4) is 0 Å². The second-order valence-electron chi connectivity index (χ2n) is 3.42. The average molecular weight is 183 g/mol. The van der Waals surface area contributed by atoms with Crippen molar-refractivity contribution in [1.82, 2.24) is 0 Å². The minimum absolute atomic E-state index is 0.0215. The van der Waals surface area contributed by atoms with Gasteiger partial charge in [-0.2, -0.15) is 0 Å². The van der Waals surface area contributed by atoms with Gasteiger partial charge < -0.3 is 15.9 Å². The van der Waals surface area contributed by atoms with Gasteiger partial charge in [-0.25, -0.2) is 0 Å². The van der Waals surface area contributed by atoms with Crippen molar-refractivity contribution >= 4 is 0 Å². The van der Waals surface area contributed by atoms with Gasteiger partial charge in [-0.1, -0.05) is 25.3 Å². The van der Waals surface area contributed by atoms with Crippen LogP contribution in [-0.2, 0) is 0 Å². The van der Waals surface area contributed by atoms with Crippen molar-refractivity contribution in [3.8, 4) is 0 Å². The summed E-state index contributed by atoms with van der Waals surface area (Å²) in [5, 5.41) is 18.0. The van der Waals surface area contributed by atoms with E-state index in [2.05, 4.69) is 19.7 Å². The third-order valence-corrected chi connectivity index (χ3v) is 1.89. The summed E-state index contributed by atoms with van der Waals surface area (Å²) in [7, 11) is 0. The van der Waals surface area contributed by atoms with Crippen LogP contribution >= 0.6 is 0 Å². The average Bonchev–Trinajstić information content (AvgIpc) is 1.82. The van der Waals surface area contributed by atoms with Gasteiger partial charge in [-0.05, 0) is 6.92 Å². The van der Waals surface area contributed by atoms with E-state index in [1.165, 1.54) is 0 Å². The standard InChI is InChI=1S/C10H17NO2/c1-7(2)10(11,5-8(3)12)6-9(4)13/h12-13H,1,3-6,11H2,2H3. The molecule has 13 heavy (non-hydrogen) atoms. The number of aliphatic hydroxyl groups excluding tert-OH is 2. The lowest BCUT2D eigenvalue weighted by molar-refractivity contribution is 0.307. The molecule has 0 heterocycles. The molecule has 0 fully saturated rings. The fraction of sp³-hybridized carbons (Fsp3) is 0.400.